The summed E-state index contributed by atoms with van der Waals surface area (Å²) >= 11 is 0. The van der Waals surface area contributed by atoms with Crippen LogP contribution in [-0.2, 0) is 0 Å². The van der Waals surface area contributed by atoms with Crippen LogP contribution >= 0.6 is 0 Å². The summed E-state index contributed by atoms with van der Waals surface area (Å²) in [7, 11) is 2.25. The van der Waals surface area contributed by atoms with E-state index in [-0.39, 0.29) is 0 Å². The number of piperidine rings is 1. The van der Waals surface area contributed by atoms with Crippen LogP contribution in [0.3, 0.4) is 0 Å². The lowest BCUT2D eigenvalue weighted by atomic mass is 9.49. The van der Waals surface area contributed by atoms with Crippen LogP contribution in [0.25, 0.3) is 0 Å². The van der Waals surface area contributed by atoms with Gasteiger partial charge in [-0.05, 0) is 62.6 Å². The average Bonchev–Trinajstić information content (AvgIpc) is 2.13. The molecule has 2 aliphatic rings. The maximum atomic E-state index is 6.05. The van der Waals surface area contributed by atoms with Crippen LogP contribution < -0.4 is 5.73 Å². The van der Waals surface area contributed by atoms with Crippen molar-refractivity contribution in [2.45, 2.75) is 39.5 Å². The zero-order valence-corrected chi connectivity index (χ0v) is 10.6. The Hall–Kier alpha value is -0.0800. The van der Waals surface area contributed by atoms with Gasteiger partial charge in [-0.25, -0.2) is 0 Å². The molecular formula is C13H26N2. The Morgan fingerprint density at radius 2 is 2.00 bits per heavy atom. The van der Waals surface area contributed by atoms with Crippen LogP contribution in [0.4, 0.5) is 0 Å². The highest BCUT2D eigenvalue weighted by Crippen LogP contribution is 2.58. The second-order valence-electron chi connectivity index (χ2n) is 6.69. The SMILES string of the molecule is CN1CCCC(C2(CN)CC(C)(C)C2)C1. The summed E-state index contributed by atoms with van der Waals surface area (Å²) in [4.78, 5) is 2.48. The molecule has 0 aromatic heterocycles. The first kappa shape index (κ1) is 11.4. The van der Waals surface area contributed by atoms with Gasteiger partial charge < -0.3 is 10.6 Å². The zero-order chi connectivity index (χ0) is 11.1. The van der Waals surface area contributed by atoms with Crippen LogP contribution in [-0.4, -0.2) is 31.6 Å². The summed E-state index contributed by atoms with van der Waals surface area (Å²) in [6, 6.07) is 0. The van der Waals surface area contributed by atoms with Crippen LogP contribution in [0, 0.1) is 16.7 Å². The number of rotatable bonds is 2. The van der Waals surface area contributed by atoms with E-state index in [0.717, 1.165) is 12.5 Å². The van der Waals surface area contributed by atoms with Gasteiger partial charge in [-0.15, -0.1) is 0 Å². The summed E-state index contributed by atoms with van der Waals surface area (Å²) in [6.45, 7) is 8.21. The summed E-state index contributed by atoms with van der Waals surface area (Å²) in [5.74, 6) is 0.856. The van der Waals surface area contributed by atoms with E-state index in [1.165, 1.54) is 38.8 Å². The first-order valence-electron chi connectivity index (χ1n) is 6.36. The highest BCUT2D eigenvalue weighted by atomic mass is 15.1. The number of nitrogens with zero attached hydrogens (tertiary/aromatic N) is 1. The predicted molar refractivity (Wildman–Crippen MR) is 64.7 cm³/mol. The number of hydrogen-bond donors (Lipinski definition) is 1. The van der Waals surface area contributed by atoms with Crippen LogP contribution in [0.2, 0.25) is 0 Å². The van der Waals surface area contributed by atoms with Gasteiger partial charge in [-0.3, -0.25) is 0 Å². The highest BCUT2D eigenvalue weighted by molar-refractivity contribution is 5.04. The molecule has 88 valence electrons. The van der Waals surface area contributed by atoms with E-state index in [4.69, 9.17) is 5.73 Å². The molecule has 0 bridgehead atoms. The molecule has 15 heavy (non-hydrogen) atoms. The molecule has 1 saturated heterocycles. The summed E-state index contributed by atoms with van der Waals surface area (Å²) < 4.78 is 0. The lowest BCUT2D eigenvalue weighted by Gasteiger charge is -2.58. The largest absolute Gasteiger partial charge is 0.330 e. The summed E-state index contributed by atoms with van der Waals surface area (Å²) in [6.07, 6.45) is 5.45. The molecule has 0 radical (unpaired) electrons. The molecule has 2 fully saturated rings. The molecule has 0 spiro atoms. The van der Waals surface area contributed by atoms with Crippen LogP contribution in [0.5, 0.6) is 0 Å². The van der Waals surface area contributed by atoms with Crippen molar-refractivity contribution in [1.82, 2.24) is 4.90 Å². The summed E-state index contributed by atoms with van der Waals surface area (Å²) in [5, 5.41) is 0. The molecule has 1 unspecified atom stereocenters. The third-order valence-corrected chi connectivity index (χ3v) is 4.56. The number of likely N-dealkylation sites (tertiary alicyclic amines) is 1. The van der Waals surface area contributed by atoms with Crippen molar-refractivity contribution < 1.29 is 0 Å². The van der Waals surface area contributed by atoms with Crippen molar-refractivity contribution in [3.63, 3.8) is 0 Å². The van der Waals surface area contributed by atoms with Gasteiger partial charge in [-0.2, -0.15) is 0 Å². The van der Waals surface area contributed by atoms with Gasteiger partial charge in [0.25, 0.3) is 0 Å². The van der Waals surface area contributed by atoms with E-state index in [9.17, 15) is 0 Å². The molecule has 1 atom stereocenters. The van der Waals surface area contributed by atoms with Crippen molar-refractivity contribution in [3.05, 3.63) is 0 Å². The monoisotopic (exact) mass is 210 g/mol. The van der Waals surface area contributed by atoms with Crippen molar-refractivity contribution >= 4 is 0 Å². The molecule has 0 aromatic carbocycles. The Bertz CT molecular complexity index is 227. The standard InChI is InChI=1S/C13H26N2/c1-12(2)8-13(9-12,10-14)11-5-4-6-15(3)7-11/h11H,4-10,14H2,1-3H3. The Morgan fingerprint density at radius 3 is 2.47 bits per heavy atom. The smallest absolute Gasteiger partial charge is 0.00124 e. The lowest BCUT2D eigenvalue weighted by Crippen LogP contribution is -2.55. The van der Waals surface area contributed by atoms with Crippen LogP contribution in [0.1, 0.15) is 39.5 Å². The molecule has 1 heterocycles. The Balaban J connectivity index is 2.01. The van der Waals surface area contributed by atoms with Crippen molar-refractivity contribution in [1.29, 1.82) is 0 Å². The predicted octanol–water partition coefficient (Wildman–Crippen LogP) is 2.09. The molecule has 2 heteroatoms. The van der Waals surface area contributed by atoms with Gasteiger partial charge in [0, 0.05) is 6.54 Å². The topological polar surface area (TPSA) is 29.3 Å². The maximum Gasteiger partial charge on any atom is 0.00124 e. The van der Waals surface area contributed by atoms with Gasteiger partial charge >= 0.3 is 0 Å². The first-order valence-corrected chi connectivity index (χ1v) is 6.36. The number of nitrogens with two attached hydrogens (primary N) is 1. The fourth-order valence-electron chi connectivity index (χ4n) is 4.12. The fraction of sp³-hybridized carbons (Fsp3) is 1.00. The van der Waals surface area contributed by atoms with E-state index in [1.807, 2.05) is 0 Å². The van der Waals surface area contributed by atoms with Gasteiger partial charge in [0.1, 0.15) is 0 Å². The molecule has 1 saturated carbocycles. The Morgan fingerprint density at radius 1 is 1.33 bits per heavy atom. The minimum atomic E-state index is 0.484. The van der Waals surface area contributed by atoms with Gasteiger partial charge in [0.15, 0.2) is 0 Å². The second kappa shape index (κ2) is 3.74. The van der Waals surface area contributed by atoms with Crippen molar-refractivity contribution in [2.75, 3.05) is 26.7 Å². The zero-order valence-electron chi connectivity index (χ0n) is 10.6. The molecule has 2 N–H and O–H groups in total. The number of hydrogen-bond acceptors (Lipinski definition) is 2. The quantitative estimate of drug-likeness (QED) is 0.756. The molecular weight excluding hydrogens is 184 g/mol. The van der Waals surface area contributed by atoms with Crippen molar-refractivity contribution in [3.8, 4) is 0 Å². The lowest BCUT2D eigenvalue weighted by molar-refractivity contribution is -0.0741. The minimum absolute atomic E-state index is 0.484. The maximum absolute atomic E-state index is 6.05. The fourth-order valence-corrected chi connectivity index (χ4v) is 4.12. The normalized spacial score (nSPS) is 34.8. The van der Waals surface area contributed by atoms with E-state index in [2.05, 4.69) is 25.8 Å². The first-order chi connectivity index (χ1) is 6.97. The molecule has 1 aliphatic carbocycles. The van der Waals surface area contributed by atoms with Crippen molar-refractivity contribution in [2.24, 2.45) is 22.5 Å². The third-order valence-electron chi connectivity index (χ3n) is 4.56. The highest BCUT2D eigenvalue weighted by Gasteiger charge is 2.52. The summed E-state index contributed by atoms with van der Waals surface area (Å²) in [5.41, 5.74) is 7.08. The van der Waals surface area contributed by atoms with Gasteiger partial charge in [0.05, 0.1) is 0 Å². The van der Waals surface area contributed by atoms with E-state index in [0.29, 0.717) is 10.8 Å². The average molecular weight is 210 g/mol. The van der Waals surface area contributed by atoms with Gasteiger partial charge in [0.2, 0.25) is 0 Å². The Kier molecular flexibility index (Phi) is 2.85. The van der Waals surface area contributed by atoms with Gasteiger partial charge in [-0.1, -0.05) is 13.8 Å². The third kappa shape index (κ3) is 2.07. The Labute approximate surface area is 94.2 Å². The second-order valence-corrected chi connectivity index (χ2v) is 6.69. The van der Waals surface area contributed by atoms with E-state index in [1.54, 1.807) is 0 Å². The molecule has 2 rings (SSSR count). The molecule has 2 nitrogen and oxygen atoms in total. The molecule has 1 aliphatic heterocycles. The minimum Gasteiger partial charge on any atom is -0.330 e. The molecule has 0 aromatic rings. The van der Waals surface area contributed by atoms with E-state index < -0.39 is 0 Å². The van der Waals surface area contributed by atoms with Crippen LogP contribution in [0.15, 0.2) is 0 Å². The van der Waals surface area contributed by atoms with E-state index >= 15 is 0 Å². The molecule has 0 amide bonds.